The third kappa shape index (κ3) is 4.17. The van der Waals surface area contributed by atoms with Crippen LogP contribution < -0.4 is 15.5 Å². The number of hydrogen-bond acceptors (Lipinski definition) is 7. The van der Waals surface area contributed by atoms with Gasteiger partial charge in [-0.2, -0.15) is 5.10 Å². The lowest BCUT2D eigenvalue weighted by Crippen LogP contribution is -2.29. The van der Waals surface area contributed by atoms with Gasteiger partial charge in [0.25, 0.3) is 5.91 Å². The molecular weight excluding hydrogens is 318 g/mol. The van der Waals surface area contributed by atoms with Gasteiger partial charge in [-0.1, -0.05) is 0 Å². The molecule has 0 bridgehead atoms. The molecule has 0 saturated heterocycles. The van der Waals surface area contributed by atoms with E-state index in [2.05, 4.69) is 30.8 Å². The molecule has 2 heterocycles. The highest BCUT2D eigenvalue weighted by atomic mass is 16.1. The number of benzene rings is 1. The van der Waals surface area contributed by atoms with E-state index in [0.717, 1.165) is 11.2 Å². The number of hydrogen-bond donors (Lipinski definition) is 2. The molecule has 0 aliphatic carbocycles. The first-order valence-electron chi connectivity index (χ1n) is 7.86. The first kappa shape index (κ1) is 16.6. The van der Waals surface area contributed by atoms with Gasteiger partial charge in [0.05, 0.1) is 22.9 Å². The number of anilines is 2. The molecule has 8 nitrogen and oxygen atoms in total. The molecule has 0 unspecified atom stereocenters. The predicted molar refractivity (Wildman–Crippen MR) is 96.7 cm³/mol. The molecule has 2 aromatic heterocycles. The highest BCUT2D eigenvalue weighted by Gasteiger charge is 2.07. The lowest BCUT2D eigenvalue weighted by atomic mass is 10.2. The highest BCUT2D eigenvalue weighted by molar-refractivity contribution is 5.97. The molecule has 0 aliphatic heterocycles. The van der Waals surface area contributed by atoms with Gasteiger partial charge in [0, 0.05) is 51.2 Å². The molecule has 3 aromatic rings. The summed E-state index contributed by atoms with van der Waals surface area (Å²) in [4.78, 5) is 22.6. The fourth-order valence-electron chi connectivity index (χ4n) is 2.26. The summed E-state index contributed by atoms with van der Waals surface area (Å²) < 4.78 is 0. The van der Waals surface area contributed by atoms with E-state index in [4.69, 9.17) is 0 Å². The van der Waals surface area contributed by atoms with E-state index in [9.17, 15) is 4.79 Å². The van der Waals surface area contributed by atoms with Crippen molar-refractivity contribution in [2.45, 2.75) is 0 Å². The molecule has 128 valence electrons. The van der Waals surface area contributed by atoms with Gasteiger partial charge in [-0.15, -0.1) is 5.10 Å². The lowest BCUT2D eigenvalue weighted by Gasteiger charge is -2.13. The summed E-state index contributed by atoms with van der Waals surface area (Å²) in [7, 11) is 3.88. The third-order valence-electron chi connectivity index (χ3n) is 3.60. The van der Waals surface area contributed by atoms with Crippen LogP contribution in [0, 0.1) is 0 Å². The van der Waals surface area contributed by atoms with Gasteiger partial charge in [-0.05, 0) is 18.2 Å². The molecule has 0 radical (unpaired) electrons. The molecule has 0 spiro atoms. The summed E-state index contributed by atoms with van der Waals surface area (Å²) in [5.74, 6) is 0.518. The number of fused-ring (bicyclic) bond motifs is 1. The zero-order valence-electron chi connectivity index (χ0n) is 14.1. The van der Waals surface area contributed by atoms with Crippen LogP contribution in [0.1, 0.15) is 10.4 Å². The number of carbonyl (C=O) groups excluding carboxylic acids is 1. The number of aromatic nitrogens is 4. The number of rotatable bonds is 6. The summed E-state index contributed by atoms with van der Waals surface area (Å²) >= 11 is 0. The van der Waals surface area contributed by atoms with E-state index < -0.39 is 0 Å². The zero-order chi connectivity index (χ0) is 17.6. The van der Waals surface area contributed by atoms with Crippen LogP contribution in [0.3, 0.4) is 0 Å². The summed E-state index contributed by atoms with van der Waals surface area (Å²) in [6.07, 6.45) is 4.92. The van der Waals surface area contributed by atoms with Crippen LogP contribution in [0.25, 0.3) is 11.0 Å². The van der Waals surface area contributed by atoms with Crippen molar-refractivity contribution in [1.82, 2.24) is 25.5 Å². The Bertz CT molecular complexity index is 882. The van der Waals surface area contributed by atoms with E-state index in [-0.39, 0.29) is 5.91 Å². The Morgan fingerprint density at radius 3 is 2.68 bits per heavy atom. The van der Waals surface area contributed by atoms with E-state index >= 15 is 0 Å². The van der Waals surface area contributed by atoms with Crippen LogP contribution >= 0.6 is 0 Å². The molecule has 1 amide bonds. The Morgan fingerprint density at radius 1 is 1.08 bits per heavy atom. The quantitative estimate of drug-likeness (QED) is 0.655. The van der Waals surface area contributed by atoms with Crippen molar-refractivity contribution in [3.8, 4) is 0 Å². The van der Waals surface area contributed by atoms with Gasteiger partial charge in [0.15, 0.2) is 5.82 Å². The highest BCUT2D eigenvalue weighted by Crippen LogP contribution is 2.12. The topological polar surface area (TPSA) is 95.9 Å². The minimum Gasteiger partial charge on any atom is -0.376 e. The van der Waals surface area contributed by atoms with Gasteiger partial charge in [-0.25, -0.2) is 0 Å². The van der Waals surface area contributed by atoms with Crippen molar-refractivity contribution >= 4 is 28.4 Å². The third-order valence-corrected chi connectivity index (χ3v) is 3.60. The second-order valence-corrected chi connectivity index (χ2v) is 5.64. The van der Waals surface area contributed by atoms with Crippen LogP contribution in [0.2, 0.25) is 0 Å². The van der Waals surface area contributed by atoms with Crippen molar-refractivity contribution < 1.29 is 4.79 Å². The van der Waals surface area contributed by atoms with Crippen molar-refractivity contribution in [2.75, 3.05) is 37.4 Å². The number of carbonyl (C=O) groups is 1. The Morgan fingerprint density at radius 2 is 1.88 bits per heavy atom. The number of amides is 1. The zero-order valence-corrected chi connectivity index (χ0v) is 14.1. The average Bonchev–Trinajstić information content (AvgIpc) is 2.65. The Labute approximate surface area is 145 Å². The van der Waals surface area contributed by atoms with Crippen molar-refractivity contribution in [1.29, 1.82) is 0 Å². The smallest absolute Gasteiger partial charge is 0.251 e. The first-order chi connectivity index (χ1) is 12.1. The van der Waals surface area contributed by atoms with Crippen LogP contribution in [0.15, 0.2) is 42.9 Å². The van der Waals surface area contributed by atoms with Crippen molar-refractivity contribution in [3.63, 3.8) is 0 Å². The summed E-state index contributed by atoms with van der Waals surface area (Å²) in [5, 5.41) is 14.0. The van der Waals surface area contributed by atoms with E-state index in [1.165, 1.54) is 0 Å². The second-order valence-electron chi connectivity index (χ2n) is 5.64. The largest absolute Gasteiger partial charge is 0.376 e. The van der Waals surface area contributed by atoms with Crippen molar-refractivity contribution in [2.24, 2.45) is 0 Å². The molecule has 0 aliphatic rings. The summed E-state index contributed by atoms with van der Waals surface area (Å²) in [6.45, 7) is 1.01. The average molecular weight is 337 g/mol. The standard InChI is InChI=1S/C17H19N7O/c1-24(2)13-10-16(23-22-11-13)20-7-8-21-17(25)12-3-4-14-15(9-12)19-6-5-18-14/h3-6,9-11H,7-8H2,1-2H3,(H,20,23)(H,21,25). The molecule has 2 N–H and O–H groups in total. The fourth-order valence-corrected chi connectivity index (χ4v) is 2.26. The predicted octanol–water partition coefficient (Wildman–Crippen LogP) is 1.33. The Balaban J connectivity index is 1.53. The maximum atomic E-state index is 12.2. The van der Waals surface area contributed by atoms with Gasteiger partial charge >= 0.3 is 0 Å². The molecule has 8 heteroatoms. The fraction of sp³-hybridized carbons (Fsp3) is 0.235. The van der Waals surface area contributed by atoms with E-state index in [1.54, 1.807) is 36.8 Å². The summed E-state index contributed by atoms with van der Waals surface area (Å²) in [6, 6.07) is 7.16. The molecular formula is C17H19N7O. The van der Waals surface area contributed by atoms with Crippen molar-refractivity contribution in [3.05, 3.63) is 48.4 Å². The Hall–Kier alpha value is -3.29. The lowest BCUT2D eigenvalue weighted by molar-refractivity contribution is 0.0955. The SMILES string of the molecule is CN(C)c1cnnc(NCCNC(=O)c2ccc3nccnc3c2)c1. The normalized spacial score (nSPS) is 10.5. The first-order valence-corrected chi connectivity index (χ1v) is 7.86. The number of nitrogens with one attached hydrogen (secondary N) is 2. The van der Waals surface area contributed by atoms with Crippen LogP contribution in [-0.4, -0.2) is 53.3 Å². The molecule has 0 saturated carbocycles. The summed E-state index contributed by atoms with van der Waals surface area (Å²) in [5.41, 5.74) is 2.98. The van der Waals surface area contributed by atoms with Crippen LogP contribution in [-0.2, 0) is 0 Å². The van der Waals surface area contributed by atoms with Crippen LogP contribution in [0.4, 0.5) is 11.5 Å². The molecule has 0 fully saturated rings. The monoisotopic (exact) mass is 337 g/mol. The van der Waals surface area contributed by atoms with E-state index in [0.29, 0.717) is 30.0 Å². The molecule has 0 atom stereocenters. The van der Waals surface area contributed by atoms with Crippen LogP contribution in [0.5, 0.6) is 0 Å². The van der Waals surface area contributed by atoms with Gasteiger partial charge in [-0.3, -0.25) is 14.8 Å². The minimum absolute atomic E-state index is 0.150. The molecule has 25 heavy (non-hydrogen) atoms. The maximum Gasteiger partial charge on any atom is 0.251 e. The van der Waals surface area contributed by atoms with Gasteiger partial charge in [0.2, 0.25) is 0 Å². The second kappa shape index (κ2) is 7.52. The Kier molecular flexibility index (Phi) is 4.98. The van der Waals surface area contributed by atoms with Gasteiger partial charge < -0.3 is 15.5 Å². The minimum atomic E-state index is -0.150. The van der Waals surface area contributed by atoms with E-state index in [1.807, 2.05) is 25.1 Å². The maximum absolute atomic E-state index is 12.2. The number of nitrogens with zero attached hydrogens (tertiary/aromatic N) is 5. The molecule has 3 rings (SSSR count). The molecule has 1 aromatic carbocycles. The van der Waals surface area contributed by atoms with Gasteiger partial charge in [0.1, 0.15) is 0 Å².